The van der Waals surface area contributed by atoms with E-state index in [4.69, 9.17) is 24.1 Å². The molecule has 13 heteroatoms. The van der Waals surface area contributed by atoms with E-state index in [9.17, 15) is 23.9 Å². The number of para-hydroxylation sites is 1. The van der Waals surface area contributed by atoms with Crippen molar-refractivity contribution < 1.29 is 47.9 Å². The Morgan fingerprint density at radius 2 is 1.81 bits per heavy atom. The molecule has 0 aliphatic carbocycles. The lowest BCUT2D eigenvalue weighted by molar-refractivity contribution is 0.0657. The standard InChI is InChI=1S/C23H19FN2O9S/c1-32-16-7-12(24)13(25-23(31)26-14-10-36-20(22(29)30)18(14)21(27)28)8-17(16)35-9-11-3-2-4-15-19(11)34-6-5-33-15/h2-4,7-8,10H,5-6,9H2,1H3,(H,27,28)(H,29,30)(H2,25,26,31). The molecular weight excluding hydrogens is 499 g/mol. The molecule has 1 aliphatic rings. The summed E-state index contributed by atoms with van der Waals surface area (Å²) in [5, 5.41) is 24.1. The molecule has 3 aromatic rings. The summed E-state index contributed by atoms with van der Waals surface area (Å²) in [6.45, 7) is 0.834. The number of aromatic carboxylic acids is 2. The number of carbonyl (C=O) groups is 3. The van der Waals surface area contributed by atoms with Crippen LogP contribution in [0, 0.1) is 5.82 Å². The summed E-state index contributed by atoms with van der Waals surface area (Å²) < 4.78 is 36.8. The minimum Gasteiger partial charge on any atom is -0.493 e. The zero-order valence-electron chi connectivity index (χ0n) is 18.6. The third-order valence-corrected chi connectivity index (χ3v) is 5.95. The summed E-state index contributed by atoms with van der Waals surface area (Å²) in [6.07, 6.45) is 0. The molecule has 2 aromatic carbocycles. The van der Waals surface area contributed by atoms with Crippen LogP contribution < -0.4 is 29.6 Å². The first-order valence-electron chi connectivity index (χ1n) is 10.3. The van der Waals surface area contributed by atoms with Crippen molar-refractivity contribution in [3.05, 3.63) is 57.5 Å². The first kappa shape index (κ1) is 24.6. The Bertz CT molecular complexity index is 1340. The summed E-state index contributed by atoms with van der Waals surface area (Å²) >= 11 is 0.633. The second kappa shape index (κ2) is 10.4. The predicted octanol–water partition coefficient (Wildman–Crippen LogP) is 4.29. The van der Waals surface area contributed by atoms with Gasteiger partial charge in [0.15, 0.2) is 28.8 Å². The Labute approximate surface area is 207 Å². The quantitative estimate of drug-likeness (QED) is 0.342. The number of halogens is 1. The third-order valence-electron chi connectivity index (χ3n) is 4.98. The van der Waals surface area contributed by atoms with Crippen molar-refractivity contribution in [2.24, 2.45) is 0 Å². The molecule has 36 heavy (non-hydrogen) atoms. The fourth-order valence-electron chi connectivity index (χ4n) is 3.40. The Hall–Kier alpha value is -4.52. The average molecular weight is 518 g/mol. The number of methoxy groups -OCH3 is 1. The Morgan fingerprint density at radius 1 is 1.06 bits per heavy atom. The molecule has 0 radical (unpaired) electrons. The summed E-state index contributed by atoms with van der Waals surface area (Å²) in [5.41, 5.74) is -0.439. The summed E-state index contributed by atoms with van der Waals surface area (Å²) in [7, 11) is 1.33. The molecule has 0 saturated carbocycles. The van der Waals surface area contributed by atoms with Gasteiger partial charge >= 0.3 is 18.0 Å². The van der Waals surface area contributed by atoms with Gasteiger partial charge < -0.3 is 39.8 Å². The number of carbonyl (C=O) groups excluding carboxylic acids is 1. The number of hydrogen-bond acceptors (Lipinski definition) is 8. The third kappa shape index (κ3) is 5.10. The number of carboxylic acid groups (broad SMARTS) is 2. The molecule has 1 aromatic heterocycles. The highest BCUT2D eigenvalue weighted by Crippen LogP contribution is 2.37. The van der Waals surface area contributed by atoms with Crippen molar-refractivity contribution in [3.63, 3.8) is 0 Å². The Balaban J connectivity index is 1.52. The number of thiophene rings is 1. The van der Waals surface area contributed by atoms with Gasteiger partial charge in [0.1, 0.15) is 30.3 Å². The maximum Gasteiger partial charge on any atom is 0.346 e. The van der Waals surface area contributed by atoms with Crippen LogP contribution in [0.5, 0.6) is 23.0 Å². The van der Waals surface area contributed by atoms with Gasteiger partial charge in [0.25, 0.3) is 0 Å². The molecule has 0 saturated heterocycles. The summed E-state index contributed by atoms with van der Waals surface area (Å²) in [6, 6.07) is 6.54. The molecule has 0 spiro atoms. The topological polar surface area (TPSA) is 153 Å². The van der Waals surface area contributed by atoms with E-state index in [1.807, 2.05) is 0 Å². The largest absolute Gasteiger partial charge is 0.493 e. The zero-order chi connectivity index (χ0) is 25.8. The molecule has 0 atom stereocenters. The number of rotatable bonds is 8. The van der Waals surface area contributed by atoms with Crippen LogP contribution in [0.2, 0.25) is 0 Å². The monoisotopic (exact) mass is 518 g/mol. The van der Waals surface area contributed by atoms with E-state index in [2.05, 4.69) is 10.6 Å². The zero-order valence-corrected chi connectivity index (χ0v) is 19.4. The molecule has 2 amide bonds. The summed E-state index contributed by atoms with van der Waals surface area (Å²) in [5.74, 6) is -2.55. The second-order valence-corrected chi connectivity index (χ2v) is 8.14. The van der Waals surface area contributed by atoms with Gasteiger partial charge in [-0.3, -0.25) is 0 Å². The lowest BCUT2D eigenvalue weighted by Crippen LogP contribution is -2.21. The highest BCUT2D eigenvalue weighted by atomic mass is 32.1. The number of urea groups is 1. The molecule has 0 bridgehead atoms. The molecule has 4 N–H and O–H groups in total. The molecule has 188 valence electrons. The Kier molecular flexibility index (Phi) is 7.10. The van der Waals surface area contributed by atoms with Gasteiger partial charge in [0.05, 0.1) is 18.5 Å². The average Bonchev–Trinajstić information content (AvgIpc) is 3.28. The van der Waals surface area contributed by atoms with E-state index in [0.29, 0.717) is 41.6 Å². The van der Waals surface area contributed by atoms with Gasteiger partial charge in [-0.15, -0.1) is 11.3 Å². The number of benzene rings is 2. The van der Waals surface area contributed by atoms with Crippen molar-refractivity contribution in [2.45, 2.75) is 6.61 Å². The van der Waals surface area contributed by atoms with Gasteiger partial charge in [0, 0.05) is 23.1 Å². The fraction of sp³-hybridized carbons (Fsp3) is 0.174. The fourth-order valence-corrected chi connectivity index (χ4v) is 4.23. The number of carboxylic acids is 2. The maximum atomic E-state index is 14.6. The van der Waals surface area contributed by atoms with Crippen LogP contribution in [-0.4, -0.2) is 48.5 Å². The molecule has 0 unspecified atom stereocenters. The van der Waals surface area contributed by atoms with E-state index in [1.165, 1.54) is 13.2 Å². The van der Waals surface area contributed by atoms with Crippen LogP contribution in [0.3, 0.4) is 0 Å². The lowest BCUT2D eigenvalue weighted by atomic mass is 10.2. The van der Waals surface area contributed by atoms with Crippen molar-refractivity contribution in [3.8, 4) is 23.0 Å². The molecule has 4 rings (SSSR count). The number of ether oxygens (including phenoxy) is 4. The normalized spacial score (nSPS) is 11.9. The number of anilines is 2. The first-order valence-corrected chi connectivity index (χ1v) is 11.2. The highest BCUT2D eigenvalue weighted by molar-refractivity contribution is 7.13. The van der Waals surface area contributed by atoms with E-state index in [1.54, 1.807) is 18.2 Å². The van der Waals surface area contributed by atoms with Gasteiger partial charge in [0.2, 0.25) is 0 Å². The van der Waals surface area contributed by atoms with Gasteiger partial charge in [-0.25, -0.2) is 18.8 Å². The Morgan fingerprint density at radius 3 is 2.53 bits per heavy atom. The van der Waals surface area contributed by atoms with Crippen LogP contribution in [0.4, 0.5) is 20.6 Å². The SMILES string of the molecule is COc1cc(F)c(NC(=O)Nc2csc(C(=O)O)c2C(=O)O)cc1OCc1cccc2c1OCCO2. The van der Waals surface area contributed by atoms with Crippen LogP contribution in [-0.2, 0) is 6.61 Å². The first-order chi connectivity index (χ1) is 17.3. The minimum atomic E-state index is -1.53. The van der Waals surface area contributed by atoms with E-state index >= 15 is 0 Å². The second-order valence-electron chi connectivity index (χ2n) is 7.26. The number of hydrogen-bond donors (Lipinski definition) is 4. The number of fused-ring (bicyclic) bond motifs is 1. The van der Waals surface area contributed by atoms with Crippen molar-refractivity contribution >= 4 is 40.7 Å². The summed E-state index contributed by atoms with van der Waals surface area (Å²) in [4.78, 5) is 34.7. The van der Waals surface area contributed by atoms with Gasteiger partial charge in [-0.2, -0.15) is 0 Å². The minimum absolute atomic E-state index is 0.0228. The molecule has 2 heterocycles. The number of amides is 2. The van der Waals surface area contributed by atoms with E-state index < -0.39 is 34.2 Å². The van der Waals surface area contributed by atoms with Crippen LogP contribution in [0.15, 0.2) is 35.7 Å². The number of nitrogens with one attached hydrogen (secondary N) is 2. The lowest BCUT2D eigenvalue weighted by Gasteiger charge is -2.21. The van der Waals surface area contributed by atoms with Crippen molar-refractivity contribution in [2.75, 3.05) is 31.0 Å². The van der Waals surface area contributed by atoms with Crippen LogP contribution in [0.1, 0.15) is 25.6 Å². The van der Waals surface area contributed by atoms with Crippen LogP contribution in [0.25, 0.3) is 0 Å². The molecule has 11 nitrogen and oxygen atoms in total. The smallest absolute Gasteiger partial charge is 0.346 e. The maximum absolute atomic E-state index is 14.6. The van der Waals surface area contributed by atoms with Crippen molar-refractivity contribution in [1.82, 2.24) is 0 Å². The van der Waals surface area contributed by atoms with Gasteiger partial charge in [-0.1, -0.05) is 12.1 Å². The van der Waals surface area contributed by atoms with E-state index in [-0.39, 0.29) is 29.5 Å². The molecule has 1 aliphatic heterocycles. The molecular formula is C23H19FN2O9S. The predicted molar refractivity (Wildman–Crippen MR) is 126 cm³/mol. The highest BCUT2D eigenvalue weighted by Gasteiger charge is 2.25. The van der Waals surface area contributed by atoms with Crippen molar-refractivity contribution in [1.29, 1.82) is 0 Å². The van der Waals surface area contributed by atoms with Gasteiger partial charge in [-0.05, 0) is 6.07 Å². The van der Waals surface area contributed by atoms with E-state index in [0.717, 1.165) is 11.4 Å². The van der Waals surface area contributed by atoms with Crippen LogP contribution >= 0.6 is 11.3 Å². The molecule has 0 fully saturated rings.